The number of piperidine rings is 1. The minimum Gasteiger partial charge on any atom is -0.341 e. The summed E-state index contributed by atoms with van der Waals surface area (Å²) in [6.45, 7) is 9.00. The molecule has 5 nitrogen and oxygen atoms in total. The maximum absolute atomic E-state index is 12.7. The molecule has 0 radical (unpaired) electrons. The summed E-state index contributed by atoms with van der Waals surface area (Å²) in [7, 11) is 0. The fraction of sp³-hybridized carbons (Fsp3) is 0.526. The van der Waals surface area contributed by atoms with E-state index in [1.165, 1.54) is 11.3 Å². The van der Waals surface area contributed by atoms with Gasteiger partial charge in [-0.3, -0.25) is 9.59 Å². The number of para-hydroxylation sites is 1. The molecule has 2 aromatic rings. The molecule has 1 atom stereocenters. The van der Waals surface area contributed by atoms with Crippen LogP contribution in [0.3, 0.4) is 0 Å². The van der Waals surface area contributed by atoms with E-state index in [-0.39, 0.29) is 17.7 Å². The number of carbonyl (C=O) groups is 2. The molecule has 1 aliphatic heterocycles. The Hall–Kier alpha value is -1.95. The molecular weight excluding hydrogens is 334 g/mol. The number of aromatic nitrogens is 1. The van der Waals surface area contributed by atoms with Gasteiger partial charge in [-0.05, 0) is 31.4 Å². The molecule has 3 rings (SSSR count). The number of anilines is 1. The summed E-state index contributed by atoms with van der Waals surface area (Å²) >= 11 is 1.49. The standard InChI is InChI=1S/C19H25N3O2S/c1-12-7-5-9-14-15(12)20-18(25-14)21-16(23)13-8-6-10-22(11-13)17(24)19(2,3)4/h5,7,9,13H,6,8,10-11H2,1-4H3,(H,20,21,23). The monoisotopic (exact) mass is 359 g/mol. The summed E-state index contributed by atoms with van der Waals surface area (Å²) in [5, 5.41) is 3.59. The van der Waals surface area contributed by atoms with E-state index in [9.17, 15) is 9.59 Å². The smallest absolute Gasteiger partial charge is 0.231 e. The normalized spacial score (nSPS) is 18.4. The number of benzene rings is 1. The Balaban J connectivity index is 1.70. The minimum absolute atomic E-state index is 0.0388. The van der Waals surface area contributed by atoms with Crippen molar-refractivity contribution in [2.45, 2.75) is 40.5 Å². The predicted molar refractivity (Wildman–Crippen MR) is 102 cm³/mol. The lowest BCUT2D eigenvalue weighted by molar-refractivity contribution is -0.142. The van der Waals surface area contributed by atoms with Crippen LogP contribution in [0.5, 0.6) is 0 Å². The number of rotatable bonds is 2. The zero-order valence-electron chi connectivity index (χ0n) is 15.3. The molecule has 134 valence electrons. The first kappa shape index (κ1) is 17.9. The van der Waals surface area contributed by atoms with Crippen molar-refractivity contribution in [2.75, 3.05) is 18.4 Å². The van der Waals surface area contributed by atoms with Crippen molar-refractivity contribution in [3.63, 3.8) is 0 Å². The van der Waals surface area contributed by atoms with Crippen LogP contribution in [0.15, 0.2) is 18.2 Å². The van der Waals surface area contributed by atoms with Gasteiger partial charge in [-0.25, -0.2) is 4.98 Å². The number of hydrogen-bond donors (Lipinski definition) is 1. The highest BCUT2D eigenvalue weighted by molar-refractivity contribution is 7.22. The van der Waals surface area contributed by atoms with Gasteiger partial charge in [0.2, 0.25) is 11.8 Å². The third-order valence-corrected chi connectivity index (χ3v) is 5.51. The van der Waals surface area contributed by atoms with E-state index in [2.05, 4.69) is 10.3 Å². The van der Waals surface area contributed by atoms with Crippen LogP contribution < -0.4 is 5.32 Å². The number of amides is 2. The number of carbonyl (C=O) groups excluding carboxylic acids is 2. The highest BCUT2D eigenvalue weighted by atomic mass is 32.1. The fourth-order valence-corrected chi connectivity index (χ4v) is 4.14. The molecule has 2 amide bonds. The van der Waals surface area contributed by atoms with Crippen molar-refractivity contribution >= 4 is 38.5 Å². The SMILES string of the molecule is Cc1cccc2sc(NC(=O)C3CCCN(C(=O)C(C)(C)C)C3)nc12. The van der Waals surface area contributed by atoms with E-state index >= 15 is 0 Å². The second-order valence-corrected chi connectivity index (χ2v) is 8.80. The van der Waals surface area contributed by atoms with E-state index in [1.807, 2.05) is 50.8 Å². The van der Waals surface area contributed by atoms with Crippen molar-refractivity contribution < 1.29 is 9.59 Å². The van der Waals surface area contributed by atoms with Crippen LogP contribution in [0, 0.1) is 18.3 Å². The lowest BCUT2D eigenvalue weighted by Gasteiger charge is -2.35. The quantitative estimate of drug-likeness (QED) is 0.886. The van der Waals surface area contributed by atoms with Gasteiger partial charge in [0.15, 0.2) is 5.13 Å². The maximum Gasteiger partial charge on any atom is 0.231 e. The Morgan fingerprint density at radius 3 is 2.76 bits per heavy atom. The molecule has 1 aromatic heterocycles. The van der Waals surface area contributed by atoms with Crippen molar-refractivity contribution in [3.8, 4) is 0 Å². The number of nitrogens with one attached hydrogen (secondary N) is 1. The Morgan fingerprint density at radius 2 is 2.08 bits per heavy atom. The molecule has 0 aliphatic carbocycles. The molecule has 1 unspecified atom stereocenters. The summed E-state index contributed by atoms with van der Waals surface area (Å²) in [6.07, 6.45) is 1.67. The van der Waals surface area contributed by atoms with Gasteiger partial charge >= 0.3 is 0 Å². The van der Waals surface area contributed by atoms with Crippen molar-refractivity contribution in [2.24, 2.45) is 11.3 Å². The molecule has 0 saturated carbocycles. The van der Waals surface area contributed by atoms with Crippen molar-refractivity contribution in [1.82, 2.24) is 9.88 Å². The van der Waals surface area contributed by atoms with Gasteiger partial charge in [-0.2, -0.15) is 0 Å². The van der Waals surface area contributed by atoms with Crippen LogP contribution in [-0.2, 0) is 9.59 Å². The number of likely N-dealkylation sites (tertiary alicyclic amines) is 1. The van der Waals surface area contributed by atoms with Crippen LogP contribution in [-0.4, -0.2) is 34.8 Å². The van der Waals surface area contributed by atoms with Gasteiger partial charge in [0.05, 0.1) is 16.1 Å². The summed E-state index contributed by atoms with van der Waals surface area (Å²) in [5.41, 5.74) is 1.63. The summed E-state index contributed by atoms with van der Waals surface area (Å²) in [5.74, 6) is -0.100. The highest BCUT2D eigenvalue weighted by Crippen LogP contribution is 2.29. The van der Waals surface area contributed by atoms with Gasteiger partial charge < -0.3 is 10.2 Å². The number of thiazole rings is 1. The predicted octanol–water partition coefficient (Wildman–Crippen LogP) is 3.83. The first-order valence-electron chi connectivity index (χ1n) is 8.72. The van der Waals surface area contributed by atoms with E-state index in [0.29, 0.717) is 11.7 Å². The Kier molecular flexibility index (Phi) is 4.82. The Bertz CT molecular complexity index is 807. The molecule has 1 aromatic carbocycles. The largest absolute Gasteiger partial charge is 0.341 e. The van der Waals surface area contributed by atoms with Gasteiger partial charge in [0.1, 0.15) is 0 Å². The first-order valence-corrected chi connectivity index (χ1v) is 9.54. The van der Waals surface area contributed by atoms with Gasteiger partial charge in [-0.1, -0.05) is 44.2 Å². The number of aryl methyl sites for hydroxylation is 1. The van der Waals surface area contributed by atoms with Crippen LogP contribution in [0.4, 0.5) is 5.13 Å². The molecule has 1 N–H and O–H groups in total. The molecule has 0 bridgehead atoms. The minimum atomic E-state index is -0.414. The summed E-state index contributed by atoms with van der Waals surface area (Å²) in [6, 6.07) is 6.03. The summed E-state index contributed by atoms with van der Waals surface area (Å²) < 4.78 is 1.07. The van der Waals surface area contributed by atoms with Crippen molar-refractivity contribution in [1.29, 1.82) is 0 Å². The molecule has 6 heteroatoms. The average molecular weight is 359 g/mol. The molecule has 0 spiro atoms. The lowest BCUT2D eigenvalue weighted by atomic mass is 9.91. The second-order valence-electron chi connectivity index (χ2n) is 7.77. The van der Waals surface area contributed by atoms with Crippen molar-refractivity contribution in [3.05, 3.63) is 23.8 Å². The number of fused-ring (bicyclic) bond motifs is 1. The maximum atomic E-state index is 12.7. The zero-order valence-corrected chi connectivity index (χ0v) is 16.1. The molecule has 1 fully saturated rings. The van der Waals surface area contributed by atoms with Gasteiger partial charge in [0.25, 0.3) is 0 Å². The van der Waals surface area contributed by atoms with E-state index < -0.39 is 5.41 Å². The molecular formula is C19H25N3O2S. The Labute approximate surface area is 152 Å². The zero-order chi connectivity index (χ0) is 18.2. The van der Waals surface area contributed by atoms with Gasteiger partial charge in [-0.15, -0.1) is 0 Å². The molecule has 25 heavy (non-hydrogen) atoms. The molecule has 1 saturated heterocycles. The Morgan fingerprint density at radius 1 is 1.32 bits per heavy atom. The van der Waals surface area contributed by atoms with E-state index in [4.69, 9.17) is 0 Å². The van der Waals surface area contributed by atoms with Crippen LogP contribution in [0.25, 0.3) is 10.2 Å². The first-order chi connectivity index (χ1) is 11.8. The van der Waals surface area contributed by atoms with Crippen LogP contribution >= 0.6 is 11.3 Å². The average Bonchev–Trinajstić information content (AvgIpc) is 2.97. The third-order valence-electron chi connectivity index (χ3n) is 4.57. The van der Waals surface area contributed by atoms with Crippen LogP contribution in [0.2, 0.25) is 0 Å². The van der Waals surface area contributed by atoms with Crippen LogP contribution in [0.1, 0.15) is 39.2 Å². The lowest BCUT2D eigenvalue weighted by Crippen LogP contribution is -2.47. The topological polar surface area (TPSA) is 62.3 Å². The fourth-order valence-electron chi connectivity index (χ4n) is 3.20. The molecule has 1 aliphatic rings. The molecule has 2 heterocycles. The number of nitrogens with zero attached hydrogens (tertiary/aromatic N) is 2. The second kappa shape index (κ2) is 6.75. The van der Waals surface area contributed by atoms with E-state index in [1.54, 1.807) is 0 Å². The van der Waals surface area contributed by atoms with E-state index in [0.717, 1.165) is 35.2 Å². The third kappa shape index (κ3) is 3.84. The highest BCUT2D eigenvalue weighted by Gasteiger charge is 2.33. The van der Waals surface area contributed by atoms with Gasteiger partial charge in [0, 0.05) is 18.5 Å². The summed E-state index contributed by atoms with van der Waals surface area (Å²) in [4.78, 5) is 31.5. The number of hydrogen-bond acceptors (Lipinski definition) is 4.